The van der Waals surface area contributed by atoms with E-state index < -0.39 is 0 Å². The predicted octanol–water partition coefficient (Wildman–Crippen LogP) is 2.81. The summed E-state index contributed by atoms with van der Waals surface area (Å²) in [6.45, 7) is 1.26. The molecule has 2 aliphatic rings. The lowest BCUT2D eigenvalue weighted by atomic mass is 9.99. The van der Waals surface area contributed by atoms with Crippen LogP contribution in [-0.2, 0) is 12.8 Å². The van der Waals surface area contributed by atoms with Crippen LogP contribution >= 0.6 is 0 Å². The normalized spacial score (nSPS) is 14.9. The molecule has 0 radical (unpaired) electrons. The van der Waals surface area contributed by atoms with Gasteiger partial charge in [-0.2, -0.15) is 0 Å². The van der Waals surface area contributed by atoms with Gasteiger partial charge in [0.1, 0.15) is 11.5 Å². The minimum absolute atomic E-state index is 0.123. The first-order valence-corrected chi connectivity index (χ1v) is 7.13. The second kappa shape index (κ2) is 4.81. The van der Waals surface area contributed by atoms with Crippen LogP contribution in [-0.4, -0.2) is 19.1 Å². The van der Waals surface area contributed by atoms with Crippen LogP contribution in [0.3, 0.4) is 0 Å². The molecule has 4 nitrogen and oxygen atoms in total. The van der Waals surface area contributed by atoms with Crippen LogP contribution in [0.25, 0.3) is 0 Å². The predicted molar refractivity (Wildman–Crippen MR) is 79.2 cm³/mol. The van der Waals surface area contributed by atoms with Gasteiger partial charge in [-0.3, -0.25) is 4.79 Å². The summed E-state index contributed by atoms with van der Waals surface area (Å²) in [5.41, 5.74) is 3.45. The summed E-state index contributed by atoms with van der Waals surface area (Å²) in [6.07, 6.45) is 1.58. The maximum atomic E-state index is 12.7. The van der Waals surface area contributed by atoms with Gasteiger partial charge in [-0.1, -0.05) is 18.2 Å². The van der Waals surface area contributed by atoms with Crippen molar-refractivity contribution in [1.82, 2.24) is 0 Å². The minimum atomic E-state index is -0.123. The molecule has 0 aliphatic carbocycles. The molecule has 0 saturated heterocycles. The summed E-state index contributed by atoms with van der Waals surface area (Å²) in [6, 6.07) is 11.5. The van der Waals surface area contributed by atoms with Crippen molar-refractivity contribution in [3.63, 3.8) is 0 Å². The van der Waals surface area contributed by atoms with E-state index in [4.69, 9.17) is 9.47 Å². The van der Waals surface area contributed by atoms with E-state index in [1.807, 2.05) is 36.4 Å². The molecule has 0 bridgehead atoms. The van der Waals surface area contributed by atoms with Gasteiger partial charge < -0.3 is 14.8 Å². The van der Waals surface area contributed by atoms with E-state index in [2.05, 4.69) is 5.32 Å². The Kier molecular flexibility index (Phi) is 2.81. The SMILES string of the molecule is O=C(Nc1ccccc1)c1c2c(cc3c1OCC3)OCC2. The van der Waals surface area contributed by atoms with E-state index in [-0.39, 0.29) is 5.91 Å². The third-order valence-corrected chi connectivity index (χ3v) is 3.91. The highest BCUT2D eigenvalue weighted by molar-refractivity contribution is 6.08. The maximum absolute atomic E-state index is 12.7. The highest BCUT2D eigenvalue weighted by atomic mass is 16.5. The lowest BCUT2D eigenvalue weighted by molar-refractivity contribution is 0.102. The molecule has 2 aliphatic heterocycles. The third-order valence-electron chi connectivity index (χ3n) is 3.91. The van der Waals surface area contributed by atoms with Gasteiger partial charge >= 0.3 is 0 Å². The van der Waals surface area contributed by atoms with Crippen LogP contribution in [0, 0.1) is 0 Å². The number of anilines is 1. The summed E-state index contributed by atoms with van der Waals surface area (Å²) >= 11 is 0. The van der Waals surface area contributed by atoms with Gasteiger partial charge in [0.2, 0.25) is 0 Å². The molecule has 21 heavy (non-hydrogen) atoms. The number of para-hydroxylation sites is 1. The van der Waals surface area contributed by atoms with E-state index in [0.717, 1.165) is 41.2 Å². The maximum Gasteiger partial charge on any atom is 0.259 e. The molecule has 2 aromatic rings. The zero-order valence-electron chi connectivity index (χ0n) is 11.5. The molecule has 106 valence electrons. The summed E-state index contributed by atoms with van der Waals surface area (Å²) in [4.78, 5) is 12.7. The number of nitrogens with one attached hydrogen (secondary N) is 1. The van der Waals surface area contributed by atoms with Crippen LogP contribution in [0.1, 0.15) is 21.5 Å². The Morgan fingerprint density at radius 3 is 2.71 bits per heavy atom. The molecule has 0 atom stereocenters. The smallest absolute Gasteiger partial charge is 0.259 e. The Morgan fingerprint density at radius 1 is 1.05 bits per heavy atom. The molecule has 2 heterocycles. The first-order valence-electron chi connectivity index (χ1n) is 7.13. The third kappa shape index (κ3) is 2.03. The van der Waals surface area contributed by atoms with Crippen molar-refractivity contribution in [3.8, 4) is 11.5 Å². The van der Waals surface area contributed by atoms with Crippen molar-refractivity contribution >= 4 is 11.6 Å². The van der Waals surface area contributed by atoms with Gasteiger partial charge in [0.05, 0.1) is 18.8 Å². The zero-order chi connectivity index (χ0) is 14.2. The standard InChI is InChI=1S/C17H15NO3/c19-17(18-12-4-2-1-3-5-12)15-13-7-9-20-14(13)10-11-6-8-21-16(11)15/h1-5,10H,6-9H2,(H,18,19). The quantitative estimate of drug-likeness (QED) is 0.920. The molecule has 4 rings (SSSR count). The van der Waals surface area contributed by atoms with Gasteiger partial charge in [-0.15, -0.1) is 0 Å². The fourth-order valence-corrected chi connectivity index (χ4v) is 2.94. The average Bonchev–Trinajstić information content (AvgIpc) is 3.13. The van der Waals surface area contributed by atoms with Gasteiger partial charge in [-0.25, -0.2) is 0 Å². The number of hydrogen-bond donors (Lipinski definition) is 1. The minimum Gasteiger partial charge on any atom is -0.493 e. The lowest BCUT2D eigenvalue weighted by Gasteiger charge is -2.13. The highest BCUT2D eigenvalue weighted by Gasteiger charge is 2.30. The average molecular weight is 281 g/mol. The van der Waals surface area contributed by atoms with Gasteiger partial charge in [0.25, 0.3) is 5.91 Å². The second-order valence-corrected chi connectivity index (χ2v) is 5.23. The molecule has 0 spiro atoms. The topological polar surface area (TPSA) is 47.6 Å². The fraction of sp³-hybridized carbons (Fsp3) is 0.235. The van der Waals surface area contributed by atoms with E-state index in [9.17, 15) is 4.79 Å². The Morgan fingerprint density at radius 2 is 1.86 bits per heavy atom. The molecular weight excluding hydrogens is 266 g/mol. The number of hydrogen-bond acceptors (Lipinski definition) is 3. The van der Waals surface area contributed by atoms with Crippen LogP contribution < -0.4 is 14.8 Å². The van der Waals surface area contributed by atoms with Crippen LogP contribution in [0.2, 0.25) is 0 Å². The first kappa shape index (κ1) is 12.3. The van der Waals surface area contributed by atoms with Crippen molar-refractivity contribution in [3.05, 3.63) is 53.1 Å². The van der Waals surface area contributed by atoms with Crippen molar-refractivity contribution in [2.45, 2.75) is 12.8 Å². The molecule has 0 saturated carbocycles. The summed E-state index contributed by atoms with van der Waals surface area (Å²) in [5.74, 6) is 1.44. The monoisotopic (exact) mass is 281 g/mol. The molecule has 1 amide bonds. The van der Waals surface area contributed by atoms with Gasteiger partial charge in [0.15, 0.2) is 0 Å². The Labute approximate surface area is 122 Å². The van der Waals surface area contributed by atoms with Gasteiger partial charge in [-0.05, 0) is 18.2 Å². The molecule has 2 aromatic carbocycles. The molecule has 0 unspecified atom stereocenters. The number of rotatable bonds is 2. The van der Waals surface area contributed by atoms with E-state index in [0.29, 0.717) is 18.8 Å². The molecule has 0 fully saturated rings. The van der Waals surface area contributed by atoms with Crippen molar-refractivity contribution in [2.24, 2.45) is 0 Å². The number of ether oxygens (including phenoxy) is 2. The first-order chi connectivity index (χ1) is 10.3. The summed E-state index contributed by atoms with van der Waals surface area (Å²) in [7, 11) is 0. The lowest BCUT2D eigenvalue weighted by Crippen LogP contribution is -2.15. The number of carbonyl (C=O) groups excluding carboxylic acids is 1. The van der Waals surface area contributed by atoms with E-state index >= 15 is 0 Å². The van der Waals surface area contributed by atoms with Crippen LogP contribution in [0.15, 0.2) is 36.4 Å². The fourth-order valence-electron chi connectivity index (χ4n) is 2.94. The number of amides is 1. The van der Waals surface area contributed by atoms with Crippen LogP contribution in [0.4, 0.5) is 5.69 Å². The number of benzene rings is 2. The molecule has 1 N–H and O–H groups in total. The summed E-state index contributed by atoms with van der Waals surface area (Å²) < 4.78 is 11.3. The van der Waals surface area contributed by atoms with Crippen molar-refractivity contribution in [2.75, 3.05) is 18.5 Å². The van der Waals surface area contributed by atoms with E-state index in [1.54, 1.807) is 0 Å². The number of carbonyl (C=O) groups is 1. The zero-order valence-corrected chi connectivity index (χ0v) is 11.5. The Hall–Kier alpha value is -2.49. The van der Waals surface area contributed by atoms with Crippen molar-refractivity contribution in [1.29, 1.82) is 0 Å². The number of fused-ring (bicyclic) bond motifs is 2. The summed E-state index contributed by atoms with van der Waals surface area (Å²) in [5, 5.41) is 2.94. The van der Waals surface area contributed by atoms with Crippen molar-refractivity contribution < 1.29 is 14.3 Å². The molecular formula is C17H15NO3. The Bertz CT molecular complexity index is 677. The largest absolute Gasteiger partial charge is 0.493 e. The molecule has 0 aromatic heterocycles. The Balaban J connectivity index is 1.76. The highest BCUT2D eigenvalue weighted by Crippen LogP contribution is 2.40. The molecule has 4 heteroatoms. The van der Waals surface area contributed by atoms with Gasteiger partial charge in [0, 0.05) is 29.7 Å². The van der Waals surface area contributed by atoms with E-state index in [1.165, 1.54) is 0 Å². The van der Waals surface area contributed by atoms with Crippen LogP contribution in [0.5, 0.6) is 11.5 Å². The second-order valence-electron chi connectivity index (χ2n) is 5.23.